The van der Waals surface area contributed by atoms with Gasteiger partial charge in [0.25, 0.3) is 0 Å². The van der Waals surface area contributed by atoms with Crippen LogP contribution in [0.2, 0.25) is 0 Å². The molecule has 2 saturated heterocycles. The lowest BCUT2D eigenvalue weighted by Gasteiger charge is -2.45. The number of rotatable bonds is 2. The molecule has 0 saturated carbocycles. The molecular formula is C15H22BrN3. The van der Waals surface area contributed by atoms with Crippen molar-refractivity contribution < 1.29 is 0 Å². The van der Waals surface area contributed by atoms with Gasteiger partial charge in [-0.05, 0) is 53.0 Å². The van der Waals surface area contributed by atoms with Crippen molar-refractivity contribution in [2.45, 2.75) is 31.8 Å². The largest absolute Gasteiger partial charge is 0.368 e. The van der Waals surface area contributed by atoms with E-state index in [-0.39, 0.29) is 0 Å². The predicted molar refractivity (Wildman–Crippen MR) is 83.5 cm³/mol. The molecule has 4 heteroatoms. The standard InChI is InChI=1S/C15H22BrN3/c16-14-9-12(10-17)4-5-15(14)19-8-7-18-6-2-1-3-13(18)11-19/h4-5,9,13H,1-3,6-8,10-11,17H2. The van der Waals surface area contributed by atoms with E-state index in [1.807, 2.05) is 0 Å². The first kappa shape index (κ1) is 13.4. The topological polar surface area (TPSA) is 32.5 Å². The molecule has 0 aliphatic carbocycles. The maximum absolute atomic E-state index is 5.69. The summed E-state index contributed by atoms with van der Waals surface area (Å²) in [5, 5.41) is 0. The van der Waals surface area contributed by atoms with Crippen LogP contribution < -0.4 is 10.6 Å². The molecule has 0 amide bonds. The van der Waals surface area contributed by atoms with Crippen molar-refractivity contribution in [1.82, 2.24) is 4.90 Å². The average molecular weight is 324 g/mol. The number of nitrogens with two attached hydrogens (primary N) is 1. The van der Waals surface area contributed by atoms with E-state index in [2.05, 4.69) is 43.9 Å². The SMILES string of the molecule is NCc1ccc(N2CCN3CCCCC3C2)c(Br)c1. The van der Waals surface area contributed by atoms with Crippen LogP contribution in [0.1, 0.15) is 24.8 Å². The highest BCUT2D eigenvalue weighted by molar-refractivity contribution is 9.10. The number of piperidine rings is 1. The summed E-state index contributed by atoms with van der Waals surface area (Å²) >= 11 is 3.70. The van der Waals surface area contributed by atoms with Gasteiger partial charge < -0.3 is 10.6 Å². The third kappa shape index (κ3) is 2.81. The van der Waals surface area contributed by atoms with Crippen molar-refractivity contribution in [3.63, 3.8) is 0 Å². The molecule has 19 heavy (non-hydrogen) atoms. The highest BCUT2D eigenvalue weighted by Crippen LogP contribution is 2.31. The number of hydrogen-bond acceptors (Lipinski definition) is 3. The monoisotopic (exact) mass is 323 g/mol. The number of fused-ring (bicyclic) bond motifs is 1. The summed E-state index contributed by atoms with van der Waals surface area (Å²) in [6, 6.07) is 7.27. The molecule has 3 rings (SSSR count). The Hall–Kier alpha value is -0.580. The lowest BCUT2D eigenvalue weighted by atomic mass is 9.99. The van der Waals surface area contributed by atoms with Gasteiger partial charge in [0.05, 0.1) is 5.69 Å². The molecule has 2 fully saturated rings. The van der Waals surface area contributed by atoms with Crippen LogP contribution >= 0.6 is 15.9 Å². The molecule has 0 radical (unpaired) electrons. The van der Waals surface area contributed by atoms with Gasteiger partial charge in [0, 0.05) is 36.7 Å². The van der Waals surface area contributed by atoms with Crippen molar-refractivity contribution >= 4 is 21.6 Å². The highest BCUT2D eigenvalue weighted by Gasteiger charge is 2.29. The van der Waals surface area contributed by atoms with E-state index in [0.717, 1.165) is 12.6 Å². The van der Waals surface area contributed by atoms with E-state index in [9.17, 15) is 0 Å². The second kappa shape index (κ2) is 5.81. The van der Waals surface area contributed by atoms with Gasteiger partial charge in [-0.15, -0.1) is 0 Å². The fourth-order valence-corrected chi connectivity index (χ4v) is 3.99. The Morgan fingerprint density at radius 1 is 1.21 bits per heavy atom. The maximum atomic E-state index is 5.69. The Kier molecular flexibility index (Phi) is 4.10. The number of halogens is 1. The van der Waals surface area contributed by atoms with Crippen LogP contribution in [-0.4, -0.2) is 37.1 Å². The summed E-state index contributed by atoms with van der Waals surface area (Å²) in [6.45, 7) is 5.41. The van der Waals surface area contributed by atoms with E-state index in [1.54, 1.807) is 0 Å². The van der Waals surface area contributed by atoms with E-state index < -0.39 is 0 Å². The molecule has 2 aliphatic heterocycles. The molecule has 1 aromatic carbocycles. The normalized spacial score (nSPS) is 24.3. The Balaban J connectivity index is 1.75. The fourth-order valence-electron chi connectivity index (χ4n) is 3.31. The van der Waals surface area contributed by atoms with Gasteiger partial charge in [0.1, 0.15) is 0 Å². The number of anilines is 1. The first-order valence-electron chi connectivity index (χ1n) is 7.25. The van der Waals surface area contributed by atoms with Crippen LogP contribution in [0.25, 0.3) is 0 Å². The van der Waals surface area contributed by atoms with E-state index in [4.69, 9.17) is 5.73 Å². The van der Waals surface area contributed by atoms with Crippen LogP contribution in [0, 0.1) is 0 Å². The Bertz CT molecular complexity index is 449. The minimum Gasteiger partial charge on any atom is -0.368 e. The number of piperazine rings is 1. The third-order valence-electron chi connectivity index (χ3n) is 4.43. The summed E-state index contributed by atoms with van der Waals surface area (Å²) < 4.78 is 1.18. The number of hydrogen-bond donors (Lipinski definition) is 1. The molecule has 0 aromatic heterocycles. The second-order valence-electron chi connectivity index (χ2n) is 5.62. The van der Waals surface area contributed by atoms with Crippen LogP contribution in [0.15, 0.2) is 22.7 Å². The van der Waals surface area contributed by atoms with E-state index in [1.165, 1.54) is 54.6 Å². The molecule has 0 spiro atoms. The average Bonchev–Trinajstić information content (AvgIpc) is 2.46. The molecule has 2 aliphatic rings. The van der Waals surface area contributed by atoms with Crippen LogP contribution in [0.5, 0.6) is 0 Å². The van der Waals surface area contributed by atoms with Crippen LogP contribution in [0.3, 0.4) is 0 Å². The molecular weight excluding hydrogens is 302 g/mol. The fraction of sp³-hybridized carbons (Fsp3) is 0.600. The summed E-state index contributed by atoms with van der Waals surface area (Å²) in [6.07, 6.45) is 4.13. The van der Waals surface area contributed by atoms with Gasteiger partial charge in [-0.1, -0.05) is 12.5 Å². The summed E-state index contributed by atoms with van der Waals surface area (Å²) in [5.41, 5.74) is 8.20. The molecule has 104 valence electrons. The van der Waals surface area contributed by atoms with Gasteiger partial charge in [0.15, 0.2) is 0 Å². The van der Waals surface area contributed by atoms with Crippen molar-refractivity contribution in [1.29, 1.82) is 0 Å². The highest BCUT2D eigenvalue weighted by atomic mass is 79.9. The van der Waals surface area contributed by atoms with Crippen LogP contribution in [0.4, 0.5) is 5.69 Å². The van der Waals surface area contributed by atoms with E-state index >= 15 is 0 Å². The molecule has 2 N–H and O–H groups in total. The summed E-state index contributed by atoms with van der Waals surface area (Å²) in [5.74, 6) is 0. The van der Waals surface area contributed by atoms with Crippen molar-refractivity contribution in [3.05, 3.63) is 28.2 Å². The third-order valence-corrected chi connectivity index (χ3v) is 5.06. The molecule has 1 unspecified atom stereocenters. The first-order valence-corrected chi connectivity index (χ1v) is 8.05. The Morgan fingerprint density at radius 2 is 2.11 bits per heavy atom. The summed E-state index contributed by atoms with van der Waals surface area (Å²) in [4.78, 5) is 5.19. The zero-order valence-electron chi connectivity index (χ0n) is 11.3. The molecule has 1 atom stereocenters. The quantitative estimate of drug-likeness (QED) is 0.908. The number of benzene rings is 1. The minimum absolute atomic E-state index is 0.606. The van der Waals surface area contributed by atoms with Gasteiger partial charge >= 0.3 is 0 Å². The molecule has 3 nitrogen and oxygen atoms in total. The first-order chi connectivity index (χ1) is 9.28. The Morgan fingerprint density at radius 3 is 2.89 bits per heavy atom. The smallest absolute Gasteiger partial charge is 0.0511 e. The van der Waals surface area contributed by atoms with Gasteiger partial charge in [-0.2, -0.15) is 0 Å². The lowest BCUT2D eigenvalue weighted by Crippen LogP contribution is -2.55. The maximum Gasteiger partial charge on any atom is 0.0511 e. The lowest BCUT2D eigenvalue weighted by molar-refractivity contribution is 0.133. The minimum atomic E-state index is 0.606. The van der Waals surface area contributed by atoms with Gasteiger partial charge in [0.2, 0.25) is 0 Å². The molecule has 1 aromatic rings. The zero-order valence-corrected chi connectivity index (χ0v) is 12.9. The summed E-state index contributed by atoms with van der Waals surface area (Å²) in [7, 11) is 0. The van der Waals surface area contributed by atoms with Gasteiger partial charge in [-0.3, -0.25) is 4.90 Å². The van der Waals surface area contributed by atoms with Crippen molar-refractivity contribution in [3.8, 4) is 0 Å². The van der Waals surface area contributed by atoms with E-state index in [0.29, 0.717) is 6.54 Å². The van der Waals surface area contributed by atoms with Gasteiger partial charge in [-0.25, -0.2) is 0 Å². The molecule has 0 bridgehead atoms. The zero-order chi connectivity index (χ0) is 13.2. The Labute approximate surface area is 123 Å². The van der Waals surface area contributed by atoms with Crippen molar-refractivity contribution in [2.24, 2.45) is 5.73 Å². The van der Waals surface area contributed by atoms with Crippen molar-refractivity contribution in [2.75, 3.05) is 31.1 Å². The predicted octanol–water partition coefficient (Wildman–Crippen LogP) is 2.58. The number of nitrogens with zero attached hydrogens (tertiary/aromatic N) is 2. The molecule has 2 heterocycles. The second-order valence-corrected chi connectivity index (χ2v) is 6.48. The van der Waals surface area contributed by atoms with Crippen LogP contribution in [-0.2, 0) is 6.54 Å².